The van der Waals surface area contributed by atoms with E-state index in [1.165, 1.54) is 21.9 Å². The van der Waals surface area contributed by atoms with Gasteiger partial charge in [0.25, 0.3) is 0 Å². The van der Waals surface area contributed by atoms with Crippen LogP contribution < -0.4 is 4.90 Å². The quantitative estimate of drug-likeness (QED) is 0.161. The van der Waals surface area contributed by atoms with Crippen molar-refractivity contribution in [1.82, 2.24) is 9.97 Å². The molecule has 0 saturated heterocycles. The van der Waals surface area contributed by atoms with Gasteiger partial charge in [0.05, 0.1) is 11.2 Å². The van der Waals surface area contributed by atoms with Crippen LogP contribution in [0.15, 0.2) is 229 Å². The minimum absolute atomic E-state index is 0.648. The van der Waals surface area contributed by atoms with Gasteiger partial charge in [0.2, 0.25) is 0 Å². The van der Waals surface area contributed by atoms with E-state index >= 15 is 0 Å². The Bertz CT molecular complexity index is 3630. The maximum absolute atomic E-state index is 6.75. The lowest BCUT2D eigenvalue weighted by Gasteiger charge is -2.26. The highest BCUT2D eigenvalue weighted by Gasteiger charge is 2.21. The Morgan fingerprint density at radius 1 is 0.339 bits per heavy atom. The van der Waals surface area contributed by atoms with Gasteiger partial charge in [0.15, 0.2) is 5.82 Å². The van der Waals surface area contributed by atoms with E-state index in [-0.39, 0.29) is 0 Å². The van der Waals surface area contributed by atoms with E-state index in [9.17, 15) is 0 Å². The molecule has 12 rings (SSSR count). The number of para-hydroxylation sites is 1. The SMILES string of the molecule is c1ccc(-c2ccc(N(c3cccc(-c4nc(-c5cc(-c6ccccc6)cc6oc7cc8ccccc8cc7c56)c5ccccc5n4)c3)c3ccc4ccccc4c3)cc2)cc1. The molecular formula is C58H37N3O. The van der Waals surface area contributed by atoms with Crippen molar-refractivity contribution in [3.05, 3.63) is 224 Å². The maximum Gasteiger partial charge on any atom is 0.160 e. The van der Waals surface area contributed by atoms with Gasteiger partial charge in [-0.25, -0.2) is 9.97 Å². The van der Waals surface area contributed by atoms with Crippen LogP contribution in [0.3, 0.4) is 0 Å². The third-order valence-electron chi connectivity index (χ3n) is 12.0. The molecule has 0 amide bonds. The van der Waals surface area contributed by atoms with Crippen molar-refractivity contribution < 1.29 is 4.42 Å². The average Bonchev–Trinajstić information content (AvgIpc) is 3.70. The summed E-state index contributed by atoms with van der Waals surface area (Å²) in [7, 11) is 0. The predicted octanol–water partition coefficient (Wildman–Crippen LogP) is 16.0. The standard InChI is InChI=1S/C58H37N3O/c1-3-14-38(15-4-1)41-26-29-47(30-27-41)61(49-31-28-40-18-7-8-19-42(40)32-49)48-23-13-22-45(33-48)58-59-53-25-12-11-24-50(53)57(60-58)52-35-46(39-16-5-2-6-17-39)37-55-56(52)51-34-43-20-9-10-21-44(43)36-54(51)62-55/h1-37H. The van der Waals surface area contributed by atoms with Crippen molar-refractivity contribution in [2.24, 2.45) is 0 Å². The van der Waals surface area contributed by atoms with Gasteiger partial charge in [-0.15, -0.1) is 0 Å². The Morgan fingerprint density at radius 3 is 1.71 bits per heavy atom. The molecule has 0 spiro atoms. The molecule has 0 atom stereocenters. The minimum Gasteiger partial charge on any atom is -0.456 e. The number of fused-ring (bicyclic) bond motifs is 6. The fraction of sp³-hybridized carbons (Fsp3) is 0. The van der Waals surface area contributed by atoms with Crippen LogP contribution in [0.5, 0.6) is 0 Å². The van der Waals surface area contributed by atoms with Crippen molar-refractivity contribution in [1.29, 1.82) is 0 Å². The highest BCUT2D eigenvalue weighted by molar-refractivity contribution is 6.18. The molecule has 0 fully saturated rings. The van der Waals surface area contributed by atoms with Crippen LogP contribution in [0.2, 0.25) is 0 Å². The number of anilines is 3. The van der Waals surface area contributed by atoms with E-state index in [0.717, 1.165) is 88.6 Å². The van der Waals surface area contributed by atoms with Crippen LogP contribution in [-0.4, -0.2) is 9.97 Å². The van der Waals surface area contributed by atoms with Crippen LogP contribution >= 0.6 is 0 Å². The molecular weight excluding hydrogens is 755 g/mol. The largest absolute Gasteiger partial charge is 0.456 e. The third kappa shape index (κ3) is 6.25. The Hall–Kier alpha value is -8.34. The molecule has 4 heteroatoms. The molecule has 0 saturated carbocycles. The highest BCUT2D eigenvalue weighted by atomic mass is 16.3. The summed E-state index contributed by atoms with van der Waals surface area (Å²) in [6.45, 7) is 0. The third-order valence-corrected chi connectivity index (χ3v) is 12.0. The molecule has 62 heavy (non-hydrogen) atoms. The lowest BCUT2D eigenvalue weighted by molar-refractivity contribution is 0.669. The number of furan rings is 1. The number of nitrogens with zero attached hydrogens (tertiary/aromatic N) is 3. The second-order valence-electron chi connectivity index (χ2n) is 15.8. The molecule has 2 heterocycles. The zero-order valence-electron chi connectivity index (χ0n) is 33.6. The molecule has 0 radical (unpaired) electrons. The van der Waals surface area contributed by atoms with Crippen LogP contribution in [0.4, 0.5) is 17.1 Å². The molecule has 2 aromatic heterocycles. The fourth-order valence-electron chi connectivity index (χ4n) is 8.97. The van der Waals surface area contributed by atoms with Crippen molar-refractivity contribution in [3.63, 3.8) is 0 Å². The van der Waals surface area contributed by atoms with Gasteiger partial charge in [0.1, 0.15) is 11.2 Å². The lowest BCUT2D eigenvalue weighted by atomic mass is 9.94. The highest BCUT2D eigenvalue weighted by Crippen LogP contribution is 2.44. The Kier molecular flexibility index (Phi) is 8.46. The van der Waals surface area contributed by atoms with Crippen molar-refractivity contribution in [3.8, 4) is 44.9 Å². The van der Waals surface area contributed by atoms with E-state index in [1.807, 2.05) is 0 Å². The summed E-state index contributed by atoms with van der Waals surface area (Å²) in [5.41, 5.74) is 13.0. The second kappa shape index (κ2) is 14.7. The van der Waals surface area contributed by atoms with E-state index in [0.29, 0.717) is 5.82 Å². The molecule has 0 N–H and O–H groups in total. The van der Waals surface area contributed by atoms with Gasteiger partial charge < -0.3 is 9.32 Å². The summed E-state index contributed by atoms with van der Waals surface area (Å²) in [6, 6.07) is 79.3. The second-order valence-corrected chi connectivity index (χ2v) is 15.8. The zero-order chi connectivity index (χ0) is 41.0. The zero-order valence-corrected chi connectivity index (χ0v) is 33.6. The van der Waals surface area contributed by atoms with Gasteiger partial charge in [-0.05, 0) is 111 Å². The first kappa shape index (κ1) is 35.6. The lowest BCUT2D eigenvalue weighted by Crippen LogP contribution is -2.10. The molecule has 12 aromatic rings. The van der Waals surface area contributed by atoms with Crippen molar-refractivity contribution >= 4 is 71.4 Å². The summed E-state index contributed by atoms with van der Waals surface area (Å²) in [6.07, 6.45) is 0. The average molecular weight is 792 g/mol. The molecule has 0 aliphatic rings. The fourth-order valence-corrected chi connectivity index (χ4v) is 8.97. The topological polar surface area (TPSA) is 42.2 Å². The Balaban J connectivity index is 1.06. The molecule has 0 bridgehead atoms. The monoisotopic (exact) mass is 791 g/mol. The van der Waals surface area contributed by atoms with Gasteiger partial charge in [-0.1, -0.05) is 158 Å². The summed E-state index contributed by atoms with van der Waals surface area (Å²) >= 11 is 0. The normalized spacial score (nSPS) is 11.5. The number of benzene rings is 10. The van der Waals surface area contributed by atoms with Crippen LogP contribution in [0.1, 0.15) is 0 Å². The summed E-state index contributed by atoms with van der Waals surface area (Å²) in [4.78, 5) is 13.1. The van der Waals surface area contributed by atoms with Crippen LogP contribution in [-0.2, 0) is 0 Å². The van der Waals surface area contributed by atoms with Crippen molar-refractivity contribution in [2.75, 3.05) is 4.90 Å². The van der Waals surface area contributed by atoms with Gasteiger partial charge in [-0.2, -0.15) is 0 Å². The molecule has 0 aliphatic carbocycles. The van der Waals surface area contributed by atoms with E-state index in [1.54, 1.807) is 0 Å². The van der Waals surface area contributed by atoms with E-state index in [2.05, 4.69) is 229 Å². The minimum atomic E-state index is 0.648. The maximum atomic E-state index is 6.75. The van der Waals surface area contributed by atoms with Gasteiger partial charge >= 0.3 is 0 Å². The first-order chi connectivity index (χ1) is 30.7. The van der Waals surface area contributed by atoms with Crippen molar-refractivity contribution in [2.45, 2.75) is 0 Å². The predicted molar refractivity (Wildman–Crippen MR) is 258 cm³/mol. The summed E-state index contributed by atoms with van der Waals surface area (Å²) in [5, 5.41) is 7.76. The molecule has 4 nitrogen and oxygen atoms in total. The number of hydrogen-bond acceptors (Lipinski definition) is 4. The van der Waals surface area contributed by atoms with Gasteiger partial charge in [0, 0.05) is 44.3 Å². The number of aromatic nitrogens is 2. The first-order valence-electron chi connectivity index (χ1n) is 21.0. The first-order valence-corrected chi connectivity index (χ1v) is 21.0. The van der Waals surface area contributed by atoms with E-state index < -0.39 is 0 Å². The van der Waals surface area contributed by atoms with Gasteiger partial charge in [-0.3, -0.25) is 0 Å². The number of hydrogen-bond donors (Lipinski definition) is 0. The molecule has 290 valence electrons. The van der Waals surface area contributed by atoms with Crippen LogP contribution in [0.25, 0.3) is 99.3 Å². The molecule has 0 aliphatic heterocycles. The summed E-state index contributed by atoms with van der Waals surface area (Å²) in [5.74, 6) is 0.648. The molecule has 10 aromatic carbocycles. The Morgan fingerprint density at radius 2 is 0.935 bits per heavy atom. The Labute approximate surface area is 358 Å². The number of rotatable bonds is 7. The van der Waals surface area contributed by atoms with Crippen LogP contribution in [0, 0.1) is 0 Å². The molecule has 0 unspecified atom stereocenters. The summed E-state index contributed by atoms with van der Waals surface area (Å²) < 4.78 is 6.75. The van der Waals surface area contributed by atoms with E-state index in [4.69, 9.17) is 14.4 Å². The smallest absolute Gasteiger partial charge is 0.160 e.